The molecule has 28 heavy (non-hydrogen) atoms. The molecule has 0 aromatic heterocycles. The minimum atomic E-state index is -3.33. The van der Waals surface area contributed by atoms with Gasteiger partial charge in [-0.2, -0.15) is 0 Å². The van der Waals surface area contributed by atoms with Gasteiger partial charge in [0.2, 0.25) is 0 Å². The summed E-state index contributed by atoms with van der Waals surface area (Å²) in [5, 5.41) is 9.04. The van der Waals surface area contributed by atoms with E-state index in [0.717, 1.165) is 27.2 Å². The highest BCUT2D eigenvalue weighted by atomic mass is 19.3. The number of piperidine rings is 1. The number of halogens is 2. The number of aliphatic carboxylic acids is 1. The lowest BCUT2D eigenvalue weighted by atomic mass is 9.94. The first-order valence-corrected chi connectivity index (χ1v) is 9.09. The molecular formula is C21H19F2NO4. The molecule has 4 rings (SSSR count). The molecule has 1 fully saturated rings. The van der Waals surface area contributed by atoms with Gasteiger partial charge in [0.05, 0.1) is 0 Å². The molecule has 1 aliphatic heterocycles. The van der Waals surface area contributed by atoms with E-state index in [-0.39, 0.29) is 19.1 Å². The molecule has 0 radical (unpaired) electrons. The van der Waals surface area contributed by atoms with Crippen LogP contribution in [0.2, 0.25) is 0 Å². The maximum atomic E-state index is 13.8. The van der Waals surface area contributed by atoms with Crippen molar-refractivity contribution in [1.82, 2.24) is 4.90 Å². The van der Waals surface area contributed by atoms with Crippen LogP contribution in [0.15, 0.2) is 48.5 Å². The zero-order valence-electron chi connectivity index (χ0n) is 15.0. The van der Waals surface area contributed by atoms with E-state index in [1.165, 1.54) is 0 Å². The first-order valence-electron chi connectivity index (χ1n) is 9.09. The molecule has 1 saturated heterocycles. The summed E-state index contributed by atoms with van der Waals surface area (Å²) >= 11 is 0. The van der Waals surface area contributed by atoms with Crippen LogP contribution in [-0.4, -0.2) is 47.7 Å². The number of carbonyl (C=O) groups excluding carboxylic acids is 1. The van der Waals surface area contributed by atoms with Crippen LogP contribution in [-0.2, 0) is 9.53 Å². The Morgan fingerprint density at radius 2 is 1.64 bits per heavy atom. The van der Waals surface area contributed by atoms with Gasteiger partial charge in [-0.15, -0.1) is 0 Å². The third-order valence-electron chi connectivity index (χ3n) is 5.52. The average molecular weight is 387 g/mol. The Bertz CT molecular complexity index is 885. The number of ether oxygens (including phenoxy) is 1. The van der Waals surface area contributed by atoms with Crippen molar-refractivity contribution in [3.8, 4) is 11.1 Å². The molecule has 146 valence electrons. The molecule has 0 spiro atoms. The van der Waals surface area contributed by atoms with Crippen molar-refractivity contribution in [3.63, 3.8) is 0 Å². The van der Waals surface area contributed by atoms with E-state index in [0.29, 0.717) is 0 Å². The fourth-order valence-electron chi connectivity index (χ4n) is 4.01. The zero-order valence-corrected chi connectivity index (χ0v) is 15.0. The molecule has 1 aliphatic carbocycles. The van der Waals surface area contributed by atoms with Crippen molar-refractivity contribution in [2.24, 2.45) is 5.92 Å². The number of benzene rings is 2. The monoisotopic (exact) mass is 387 g/mol. The van der Waals surface area contributed by atoms with Crippen molar-refractivity contribution in [3.05, 3.63) is 59.7 Å². The summed E-state index contributed by atoms with van der Waals surface area (Å²) in [5.74, 6) is -6.99. The number of fused-ring (bicyclic) bond motifs is 3. The number of rotatable bonds is 3. The summed E-state index contributed by atoms with van der Waals surface area (Å²) < 4.78 is 32.9. The highest BCUT2D eigenvalue weighted by Crippen LogP contribution is 2.44. The van der Waals surface area contributed by atoms with Crippen molar-refractivity contribution in [2.45, 2.75) is 18.3 Å². The fraction of sp³-hybridized carbons (Fsp3) is 0.333. The van der Waals surface area contributed by atoms with Crippen LogP contribution in [0.4, 0.5) is 13.6 Å². The summed E-state index contributed by atoms with van der Waals surface area (Å²) in [6, 6.07) is 15.7. The number of carboxylic acids is 1. The largest absolute Gasteiger partial charge is 0.481 e. The predicted molar refractivity (Wildman–Crippen MR) is 97.3 cm³/mol. The predicted octanol–water partition coefficient (Wildman–Crippen LogP) is 3.98. The minimum absolute atomic E-state index is 0.0670. The second-order valence-electron chi connectivity index (χ2n) is 7.15. The number of amides is 1. The second-order valence-corrected chi connectivity index (χ2v) is 7.15. The number of carboxylic acid groups (broad SMARTS) is 1. The molecule has 0 unspecified atom stereocenters. The van der Waals surface area contributed by atoms with Crippen LogP contribution in [0.5, 0.6) is 0 Å². The molecule has 2 aromatic rings. The topological polar surface area (TPSA) is 66.8 Å². The molecule has 0 saturated carbocycles. The average Bonchev–Trinajstić information content (AvgIpc) is 2.99. The van der Waals surface area contributed by atoms with Crippen LogP contribution in [0.25, 0.3) is 11.1 Å². The van der Waals surface area contributed by atoms with E-state index in [1.807, 2.05) is 48.5 Å². The van der Waals surface area contributed by atoms with Gasteiger partial charge in [0.1, 0.15) is 12.5 Å². The van der Waals surface area contributed by atoms with Crippen molar-refractivity contribution in [1.29, 1.82) is 0 Å². The van der Waals surface area contributed by atoms with Gasteiger partial charge in [-0.25, -0.2) is 13.6 Å². The summed E-state index contributed by atoms with van der Waals surface area (Å²) in [5.41, 5.74) is 4.26. The SMILES string of the molecule is O=C(O)[C@H]1CN(C(=O)OCC2c3ccccc3-c3ccccc32)CCC1(F)F. The van der Waals surface area contributed by atoms with E-state index < -0.39 is 36.9 Å². The van der Waals surface area contributed by atoms with Crippen molar-refractivity contribution in [2.75, 3.05) is 19.7 Å². The first kappa shape index (κ1) is 18.4. The number of hydrogen-bond acceptors (Lipinski definition) is 3. The Morgan fingerprint density at radius 1 is 1.07 bits per heavy atom. The van der Waals surface area contributed by atoms with Crippen LogP contribution < -0.4 is 0 Å². The third kappa shape index (κ3) is 3.10. The van der Waals surface area contributed by atoms with E-state index in [9.17, 15) is 18.4 Å². The minimum Gasteiger partial charge on any atom is -0.481 e. The smallest absolute Gasteiger partial charge is 0.409 e. The van der Waals surface area contributed by atoms with Gasteiger partial charge < -0.3 is 14.7 Å². The van der Waals surface area contributed by atoms with Gasteiger partial charge >= 0.3 is 12.1 Å². The molecule has 2 aromatic carbocycles. The van der Waals surface area contributed by atoms with E-state index in [2.05, 4.69) is 0 Å². The van der Waals surface area contributed by atoms with Gasteiger partial charge in [0, 0.05) is 25.4 Å². The van der Waals surface area contributed by atoms with Crippen LogP contribution in [0, 0.1) is 5.92 Å². The number of nitrogens with zero attached hydrogens (tertiary/aromatic N) is 1. The molecule has 5 nitrogen and oxygen atoms in total. The van der Waals surface area contributed by atoms with Crippen LogP contribution in [0.3, 0.4) is 0 Å². The maximum Gasteiger partial charge on any atom is 0.409 e. The molecule has 1 amide bonds. The number of carbonyl (C=O) groups is 2. The molecule has 1 N–H and O–H groups in total. The number of hydrogen-bond donors (Lipinski definition) is 1. The van der Waals surface area contributed by atoms with Crippen molar-refractivity contribution < 1.29 is 28.2 Å². The lowest BCUT2D eigenvalue weighted by Gasteiger charge is -2.35. The Kier molecular flexibility index (Phi) is 4.53. The summed E-state index contributed by atoms with van der Waals surface area (Å²) in [6.07, 6.45) is -1.45. The molecule has 1 heterocycles. The number of likely N-dealkylation sites (tertiary alicyclic amines) is 1. The normalized spacial score (nSPS) is 20.4. The summed E-state index contributed by atoms with van der Waals surface area (Å²) in [4.78, 5) is 24.6. The first-order chi connectivity index (χ1) is 13.4. The summed E-state index contributed by atoms with van der Waals surface area (Å²) in [7, 11) is 0. The van der Waals surface area contributed by atoms with Crippen molar-refractivity contribution >= 4 is 12.1 Å². The third-order valence-corrected chi connectivity index (χ3v) is 5.52. The van der Waals surface area contributed by atoms with Gasteiger partial charge in [-0.1, -0.05) is 48.5 Å². The molecular weight excluding hydrogens is 368 g/mol. The molecule has 0 bridgehead atoms. The Hall–Kier alpha value is -2.96. The molecule has 7 heteroatoms. The van der Waals surface area contributed by atoms with Gasteiger partial charge in [0.15, 0.2) is 0 Å². The van der Waals surface area contributed by atoms with E-state index in [4.69, 9.17) is 9.84 Å². The Balaban J connectivity index is 1.48. The summed E-state index contributed by atoms with van der Waals surface area (Å²) in [6.45, 7) is -0.718. The number of alkyl halides is 2. The van der Waals surface area contributed by atoms with Gasteiger partial charge in [0.25, 0.3) is 5.92 Å². The maximum absolute atomic E-state index is 13.8. The standard InChI is InChI=1S/C21H19F2NO4/c22-21(23)9-10-24(11-18(21)19(25)26)20(27)28-12-17-15-7-3-1-5-13(15)14-6-2-4-8-16(14)17/h1-8,17-18H,9-12H2,(H,25,26)/t18-/m1/s1. The second kappa shape index (κ2) is 6.89. The highest BCUT2D eigenvalue weighted by Gasteiger charge is 2.49. The molecule has 1 atom stereocenters. The van der Waals surface area contributed by atoms with E-state index in [1.54, 1.807) is 0 Å². The molecule has 2 aliphatic rings. The van der Waals surface area contributed by atoms with Crippen LogP contribution >= 0.6 is 0 Å². The van der Waals surface area contributed by atoms with E-state index >= 15 is 0 Å². The lowest BCUT2D eigenvalue weighted by Crippen LogP contribution is -2.52. The van der Waals surface area contributed by atoms with Crippen LogP contribution in [0.1, 0.15) is 23.5 Å². The Morgan fingerprint density at radius 3 is 2.21 bits per heavy atom. The quantitative estimate of drug-likeness (QED) is 0.865. The lowest BCUT2D eigenvalue weighted by molar-refractivity contribution is -0.165. The zero-order chi connectivity index (χ0) is 19.9. The Labute approximate surface area is 160 Å². The van der Waals surface area contributed by atoms with Gasteiger partial charge in [-0.05, 0) is 22.3 Å². The van der Waals surface area contributed by atoms with Gasteiger partial charge in [-0.3, -0.25) is 4.79 Å². The highest BCUT2D eigenvalue weighted by molar-refractivity contribution is 5.79. The fourth-order valence-corrected chi connectivity index (χ4v) is 4.01.